The number of hydrogen-bond donors (Lipinski definition) is 0. The maximum Gasteiger partial charge on any atom is 0.143 e. The molecule has 0 saturated carbocycles. The monoisotopic (exact) mass is 767 g/mol. The van der Waals surface area contributed by atoms with Crippen LogP contribution in [0.3, 0.4) is 0 Å². The van der Waals surface area contributed by atoms with E-state index >= 15 is 0 Å². The zero-order chi connectivity index (χ0) is 43.1. The van der Waals surface area contributed by atoms with Crippen molar-refractivity contribution in [1.29, 1.82) is 0 Å². The third-order valence-corrected chi connectivity index (χ3v) is 11.9. The molecule has 12 aromatic rings. The number of furan rings is 1. The lowest BCUT2D eigenvalue weighted by Gasteiger charge is -2.28. The summed E-state index contributed by atoms with van der Waals surface area (Å²) in [7, 11) is 0. The summed E-state index contributed by atoms with van der Waals surface area (Å²) in [6, 6.07) is 67.3. The molecule has 0 aliphatic carbocycles. The standard InChI is InChI=1S/C58H37NO/c1-2-12-39(13-3-1)50-20-10-22-54-55-23-11-21-51(58(55)60-57(50)54)41-28-33-46(34-29-41)59(56-37-43-15-5-7-17-48(43)52-18-8-9-19-53(52)56)45-31-26-38(27-32-45)42-30-35-49-44(36-42)25-24-40-14-4-6-16-47(40)49/h1-37H/i26D,27D,31D,32D. The largest absolute Gasteiger partial charge is 0.455 e. The summed E-state index contributed by atoms with van der Waals surface area (Å²) in [6.07, 6.45) is 0. The van der Waals surface area contributed by atoms with Crippen LogP contribution < -0.4 is 4.90 Å². The van der Waals surface area contributed by atoms with Gasteiger partial charge in [0.15, 0.2) is 0 Å². The van der Waals surface area contributed by atoms with E-state index in [-0.39, 0.29) is 35.4 Å². The number of benzene rings is 11. The predicted octanol–water partition coefficient (Wildman–Crippen LogP) is 16.7. The molecule has 60 heavy (non-hydrogen) atoms. The third kappa shape index (κ3) is 5.57. The molecule has 280 valence electrons. The van der Waals surface area contributed by atoms with Crippen LogP contribution in [0, 0.1) is 0 Å². The normalized spacial score (nSPS) is 12.6. The van der Waals surface area contributed by atoms with Gasteiger partial charge in [0.2, 0.25) is 0 Å². The number of nitrogens with zero attached hydrogens (tertiary/aromatic N) is 1. The number of hydrogen-bond acceptors (Lipinski definition) is 2. The van der Waals surface area contributed by atoms with Gasteiger partial charge in [0.1, 0.15) is 11.2 Å². The maximum absolute atomic E-state index is 9.75. The zero-order valence-electron chi connectivity index (χ0n) is 36.4. The summed E-state index contributed by atoms with van der Waals surface area (Å²) in [5, 5.41) is 10.4. The molecule has 0 aliphatic heterocycles. The first kappa shape index (κ1) is 30.2. The van der Waals surface area contributed by atoms with Crippen molar-refractivity contribution < 1.29 is 9.90 Å². The van der Waals surface area contributed by atoms with Crippen molar-refractivity contribution in [3.8, 4) is 33.4 Å². The minimum Gasteiger partial charge on any atom is -0.455 e. The molecule has 0 fully saturated rings. The van der Waals surface area contributed by atoms with Gasteiger partial charge in [-0.2, -0.15) is 0 Å². The van der Waals surface area contributed by atoms with Gasteiger partial charge in [-0.15, -0.1) is 0 Å². The van der Waals surface area contributed by atoms with Crippen LogP contribution >= 0.6 is 0 Å². The van der Waals surface area contributed by atoms with Gasteiger partial charge in [0.05, 0.1) is 11.2 Å². The lowest BCUT2D eigenvalue weighted by molar-refractivity contribution is 0.671. The molecule has 0 atom stereocenters. The highest BCUT2D eigenvalue weighted by Crippen LogP contribution is 2.44. The second kappa shape index (κ2) is 13.9. The topological polar surface area (TPSA) is 16.4 Å². The SMILES string of the molecule is [2H]c1c([2H])c(N(c2ccc(-c3cccc4c3oc3c(-c5ccccc5)cccc34)cc2)c2cc3ccccc3c3ccccc23)c([2H])c([2H])c1-c1ccc2c(ccc3ccccc32)c1. The van der Waals surface area contributed by atoms with Gasteiger partial charge in [0.25, 0.3) is 0 Å². The second-order valence-corrected chi connectivity index (χ2v) is 15.3. The molecule has 12 rings (SSSR count). The molecule has 2 nitrogen and oxygen atoms in total. The zero-order valence-corrected chi connectivity index (χ0v) is 32.4. The average Bonchev–Trinajstić information content (AvgIpc) is 3.74. The second-order valence-electron chi connectivity index (χ2n) is 15.3. The summed E-state index contributed by atoms with van der Waals surface area (Å²) in [5.41, 5.74) is 8.16. The van der Waals surface area contributed by atoms with Crippen molar-refractivity contribution in [3.05, 3.63) is 224 Å². The van der Waals surface area contributed by atoms with Gasteiger partial charge in [0, 0.05) is 38.7 Å². The van der Waals surface area contributed by atoms with E-state index < -0.39 is 0 Å². The van der Waals surface area contributed by atoms with Crippen molar-refractivity contribution in [2.75, 3.05) is 4.90 Å². The smallest absolute Gasteiger partial charge is 0.143 e. The Balaban J connectivity index is 1.04. The molecule has 0 amide bonds. The lowest BCUT2D eigenvalue weighted by atomic mass is 9.97. The van der Waals surface area contributed by atoms with Crippen LogP contribution in [-0.4, -0.2) is 0 Å². The fourth-order valence-corrected chi connectivity index (χ4v) is 9.02. The maximum atomic E-state index is 9.75. The van der Waals surface area contributed by atoms with E-state index in [0.29, 0.717) is 11.3 Å². The van der Waals surface area contributed by atoms with Gasteiger partial charge < -0.3 is 9.32 Å². The molecule has 0 radical (unpaired) electrons. The number of para-hydroxylation sites is 2. The van der Waals surface area contributed by atoms with E-state index in [9.17, 15) is 5.48 Å². The number of anilines is 3. The Kier molecular flexibility index (Phi) is 6.98. The fourth-order valence-electron chi connectivity index (χ4n) is 9.02. The molecule has 11 aromatic carbocycles. The Bertz CT molecular complexity index is 3810. The first-order chi connectivity index (χ1) is 31.4. The minimum atomic E-state index is -0.128. The van der Waals surface area contributed by atoms with Crippen LogP contribution in [0.2, 0.25) is 0 Å². The molecule has 1 aromatic heterocycles. The average molecular weight is 768 g/mol. The number of rotatable bonds is 6. The highest BCUT2D eigenvalue weighted by Gasteiger charge is 2.20. The summed E-state index contributed by atoms with van der Waals surface area (Å²) in [6.45, 7) is 0. The van der Waals surface area contributed by atoms with E-state index in [0.717, 1.165) is 93.0 Å². The van der Waals surface area contributed by atoms with Crippen molar-refractivity contribution in [2.45, 2.75) is 0 Å². The van der Waals surface area contributed by atoms with Crippen molar-refractivity contribution in [3.63, 3.8) is 0 Å². The molecule has 1 heterocycles. The Hall–Kier alpha value is -7.94. The fraction of sp³-hybridized carbons (Fsp3) is 0. The first-order valence-electron chi connectivity index (χ1n) is 22.3. The highest BCUT2D eigenvalue weighted by atomic mass is 16.3. The minimum absolute atomic E-state index is 0.103. The van der Waals surface area contributed by atoms with Crippen LogP contribution in [0.1, 0.15) is 5.48 Å². The predicted molar refractivity (Wildman–Crippen MR) is 255 cm³/mol. The number of fused-ring (bicyclic) bond motifs is 9. The van der Waals surface area contributed by atoms with Crippen LogP contribution in [0.25, 0.3) is 98.4 Å². The molecular weight excluding hydrogens is 727 g/mol. The highest BCUT2D eigenvalue weighted by molar-refractivity contribution is 6.15. The van der Waals surface area contributed by atoms with Crippen molar-refractivity contribution in [1.82, 2.24) is 0 Å². The van der Waals surface area contributed by atoms with Crippen LogP contribution in [0.5, 0.6) is 0 Å². The molecule has 0 unspecified atom stereocenters. The Morgan fingerprint density at radius 2 is 0.833 bits per heavy atom. The summed E-state index contributed by atoms with van der Waals surface area (Å²) in [5.74, 6) is 0. The molecule has 0 aliphatic rings. The molecule has 0 spiro atoms. The van der Waals surface area contributed by atoms with Gasteiger partial charge in [-0.1, -0.05) is 188 Å². The Labute approximate surface area is 353 Å². The third-order valence-electron chi connectivity index (χ3n) is 11.9. The van der Waals surface area contributed by atoms with Gasteiger partial charge in [-0.25, -0.2) is 0 Å². The van der Waals surface area contributed by atoms with E-state index in [1.165, 1.54) is 0 Å². The van der Waals surface area contributed by atoms with Gasteiger partial charge in [-0.05, 0) is 96.3 Å². The van der Waals surface area contributed by atoms with E-state index in [4.69, 9.17) is 4.42 Å². The quantitative estimate of drug-likeness (QED) is 0.157. The van der Waals surface area contributed by atoms with E-state index in [1.807, 2.05) is 89.8 Å². The van der Waals surface area contributed by atoms with Crippen molar-refractivity contribution in [2.24, 2.45) is 0 Å². The van der Waals surface area contributed by atoms with Crippen LogP contribution in [0.4, 0.5) is 17.1 Å². The van der Waals surface area contributed by atoms with E-state index in [2.05, 4.69) is 115 Å². The molecule has 0 bridgehead atoms. The lowest BCUT2D eigenvalue weighted by Crippen LogP contribution is -2.10. The Morgan fingerprint density at radius 3 is 1.55 bits per heavy atom. The molecular formula is C58H37NO. The van der Waals surface area contributed by atoms with Gasteiger partial charge >= 0.3 is 0 Å². The summed E-state index contributed by atoms with van der Waals surface area (Å²) >= 11 is 0. The molecule has 0 N–H and O–H groups in total. The summed E-state index contributed by atoms with van der Waals surface area (Å²) < 4.78 is 45.4. The summed E-state index contributed by atoms with van der Waals surface area (Å²) in [4.78, 5) is 1.91. The molecule has 2 heteroatoms. The van der Waals surface area contributed by atoms with Crippen LogP contribution in [0.15, 0.2) is 229 Å². The van der Waals surface area contributed by atoms with Gasteiger partial charge in [-0.3, -0.25) is 0 Å². The molecule has 0 saturated heterocycles. The van der Waals surface area contributed by atoms with E-state index in [1.54, 1.807) is 0 Å². The Morgan fingerprint density at radius 1 is 0.317 bits per heavy atom. The van der Waals surface area contributed by atoms with Crippen LogP contribution in [-0.2, 0) is 0 Å². The van der Waals surface area contributed by atoms with Crippen molar-refractivity contribution >= 4 is 82.1 Å². The first-order valence-corrected chi connectivity index (χ1v) is 20.3.